The predicted octanol–water partition coefficient (Wildman–Crippen LogP) is 2.53. The summed E-state index contributed by atoms with van der Waals surface area (Å²) in [4.78, 5) is 9.76. The molecule has 0 aliphatic carbocycles. The lowest BCUT2D eigenvalue weighted by Gasteiger charge is -2.07. The van der Waals surface area contributed by atoms with Gasteiger partial charge >= 0.3 is 5.69 Å². The van der Waals surface area contributed by atoms with Crippen LogP contribution >= 0.6 is 33.3 Å². The van der Waals surface area contributed by atoms with Gasteiger partial charge in [0, 0.05) is 26.4 Å². The Kier molecular flexibility index (Phi) is 4.55. The summed E-state index contributed by atoms with van der Waals surface area (Å²) in [6, 6.07) is 2.17. The Morgan fingerprint density at radius 2 is 2.12 bits per heavy atom. The molecule has 0 heterocycles. The van der Waals surface area contributed by atoms with E-state index in [2.05, 4.69) is 0 Å². The third kappa shape index (κ3) is 3.42. The van der Waals surface area contributed by atoms with Crippen molar-refractivity contribution in [2.24, 2.45) is 0 Å². The van der Waals surface area contributed by atoms with Crippen LogP contribution in [0.25, 0.3) is 0 Å². The van der Waals surface area contributed by atoms with Crippen LogP contribution in [0, 0.1) is 13.7 Å². The zero-order valence-electron chi connectivity index (χ0n) is 8.51. The van der Waals surface area contributed by atoms with Crippen LogP contribution in [0.1, 0.15) is 6.92 Å². The molecule has 0 atom stereocenters. The summed E-state index contributed by atoms with van der Waals surface area (Å²) in [5, 5.41) is 10.8. The number of hydrogen-bond donors (Lipinski definition) is 0. The fourth-order valence-corrected chi connectivity index (χ4v) is 3.75. The van der Waals surface area contributed by atoms with E-state index >= 15 is 0 Å². The first kappa shape index (κ1) is 14.5. The molecule has 6 nitrogen and oxygen atoms in total. The van der Waals surface area contributed by atoms with Gasteiger partial charge in [0.2, 0.25) is 0 Å². The van der Waals surface area contributed by atoms with Gasteiger partial charge in [-0.1, -0.05) is 0 Å². The maximum Gasteiger partial charge on any atom is 0.312 e. The third-order valence-corrected chi connectivity index (χ3v) is 4.39. The average Bonchev–Trinajstić information content (AvgIpc) is 2.15. The van der Waals surface area contributed by atoms with E-state index in [1.807, 2.05) is 0 Å². The Bertz CT molecular complexity index is 559. The van der Waals surface area contributed by atoms with Gasteiger partial charge in [-0.15, -0.1) is 0 Å². The molecule has 0 saturated carbocycles. The van der Waals surface area contributed by atoms with Gasteiger partial charge in [-0.3, -0.25) is 10.1 Å². The standard InChI is InChI=1S/C8H7ClINO5S/c1-2-16-7-3-5(10)8(17(9,14)15)4-6(7)11(12)13/h3-4H,2H2,1H3. The van der Waals surface area contributed by atoms with Gasteiger partial charge < -0.3 is 4.74 Å². The van der Waals surface area contributed by atoms with Crippen molar-refractivity contribution >= 4 is 48.0 Å². The Hall–Kier alpha value is -0.610. The highest BCUT2D eigenvalue weighted by Crippen LogP contribution is 2.34. The molecule has 1 aromatic rings. The predicted molar refractivity (Wildman–Crippen MR) is 70.0 cm³/mol. The monoisotopic (exact) mass is 391 g/mol. The minimum atomic E-state index is -4.02. The summed E-state index contributed by atoms with van der Waals surface area (Å²) in [5.41, 5.74) is -0.425. The first-order valence-electron chi connectivity index (χ1n) is 4.32. The fourth-order valence-electron chi connectivity index (χ4n) is 1.13. The zero-order valence-corrected chi connectivity index (χ0v) is 12.2. The van der Waals surface area contributed by atoms with Crippen molar-refractivity contribution in [1.29, 1.82) is 0 Å². The van der Waals surface area contributed by atoms with Gasteiger partial charge in [0.15, 0.2) is 5.75 Å². The van der Waals surface area contributed by atoms with E-state index in [9.17, 15) is 18.5 Å². The molecule has 0 unspecified atom stereocenters. The smallest absolute Gasteiger partial charge is 0.312 e. The summed E-state index contributed by atoms with van der Waals surface area (Å²) in [6.45, 7) is 1.91. The highest BCUT2D eigenvalue weighted by molar-refractivity contribution is 14.1. The largest absolute Gasteiger partial charge is 0.487 e. The second kappa shape index (κ2) is 5.36. The minimum absolute atomic E-state index is 0.0194. The average molecular weight is 392 g/mol. The Labute approximate surface area is 116 Å². The molecule has 0 saturated heterocycles. The van der Waals surface area contributed by atoms with Crippen LogP contribution < -0.4 is 4.74 Å². The number of rotatable bonds is 4. The van der Waals surface area contributed by atoms with E-state index in [1.54, 1.807) is 29.5 Å². The van der Waals surface area contributed by atoms with Crippen molar-refractivity contribution in [3.63, 3.8) is 0 Å². The van der Waals surface area contributed by atoms with E-state index < -0.39 is 19.7 Å². The van der Waals surface area contributed by atoms with E-state index in [1.165, 1.54) is 6.07 Å². The summed E-state index contributed by atoms with van der Waals surface area (Å²) < 4.78 is 27.7. The number of nitro benzene ring substituents is 1. The van der Waals surface area contributed by atoms with Crippen LogP contribution in [-0.2, 0) is 9.05 Å². The van der Waals surface area contributed by atoms with Crippen molar-refractivity contribution in [1.82, 2.24) is 0 Å². The van der Waals surface area contributed by atoms with Crippen molar-refractivity contribution in [2.75, 3.05) is 6.61 Å². The van der Waals surface area contributed by atoms with Crippen LogP contribution in [0.15, 0.2) is 17.0 Å². The molecule has 0 aliphatic rings. The number of nitro groups is 1. The van der Waals surface area contributed by atoms with Gasteiger partial charge in [0.05, 0.1) is 11.5 Å². The Balaban J connectivity index is 3.51. The molecular formula is C8H7ClINO5S. The van der Waals surface area contributed by atoms with E-state index in [4.69, 9.17) is 15.4 Å². The van der Waals surface area contributed by atoms with Gasteiger partial charge in [0.25, 0.3) is 9.05 Å². The lowest BCUT2D eigenvalue weighted by atomic mass is 10.3. The SMILES string of the molecule is CCOc1cc(I)c(S(=O)(=O)Cl)cc1[N+](=O)[O-]. The maximum atomic E-state index is 11.2. The molecule has 0 radical (unpaired) electrons. The number of hydrogen-bond acceptors (Lipinski definition) is 5. The van der Waals surface area contributed by atoms with Gasteiger partial charge in [-0.25, -0.2) is 8.42 Å². The molecule has 0 aliphatic heterocycles. The maximum absolute atomic E-state index is 11.2. The summed E-state index contributed by atoms with van der Waals surface area (Å²) in [5.74, 6) is 0.0194. The molecule has 1 rings (SSSR count). The van der Waals surface area contributed by atoms with Gasteiger partial charge in [0.1, 0.15) is 4.90 Å². The van der Waals surface area contributed by atoms with Crippen molar-refractivity contribution in [3.8, 4) is 5.75 Å². The number of halogens is 2. The molecule has 0 spiro atoms. The normalized spacial score (nSPS) is 11.2. The highest BCUT2D eigenvalue weighted by atomic mass is 127. The zero-order chi connectivity index (χ0) is 13.2. The minimum Gasteiger partial charge on any atom is -0.487 e. The van der Waals surface area contributed by atoms with Crippen LogP contribution in [0.2, 0.25) is 0 Å². The van der Waals surface area contributed by atoms with Crippen molar-refractivity contribution in [2.45, 2.75) is 11.8 Å². The first-order chi connectivity index (χ1) is 7.77. The summed E-state index contributed by atoms with van der Waals surface area (Å²) >= 11 is 1.72. The summed E-state index contributed by atoms with van der Waals surface area (Å²) in [7, 11) is 1.16. The van der Waals surface area contributed by atoms with Crippen molar-refractivity contribution in [3.05, 3.63) is 25.8 Å². The molecule has 0 amide bonds. The Morgan fingerprint density at radius 1 is 1.53 bits per heavy atom. The second-order valence-corrected chi connectivity index (χ2v) is 6.57. The molecule has 9 heteroatoms. The fraction of sp³-hybridized carbons (Fsp3) is 0.250. The van der Waals surface area contributed by atoms with Gasteiger partial charge in [-0.2, -0.15) is 0 Å². The highest BCUT2D eigenvalue weighted by Gasteiger charge is 2.24. The molecule has 1 aromatic carbocycles. The molecule has 0 N–H and O–H groups in total. The molecular weight excluding hydrogens is 385 g/mol. The lowest BCUT2D eigenvalue weighted by molar-refractivity contribution is -0.386. The van der Waals surface area contributed by atoms with Crippen LogP contribution in [0.4, 0.5) is 5.69 Å². The number of ether oxygens (including phenoxy) is 1. The Morgan fingerprint density at radius 3 is 2.53 bits per heavy atom. The molecule has 0 bridgehead atoms. The van der Waals surface area contributed by atoms with E-state index in [-0.39, 0.29) is 20.8 Å². The molecule has 0 aromatic heterocycles. The van der Waals surface area contributed by atoms with Crippen LogP contribution in [0.5, 0.6) is 5.75 Å². The number of nitrogens with zero attached hydrogens (tertiary/aromatic N) is 1. The van der Waals surface area contributed by atoms with E-state index in [0.29, 0.717) is 0 Å². The van der Waals surface area contributed by atoms with Crippen LogP contribution in [0.3, 0.4) is 0 Å². The van der Waals surface area contributed by atoms with E-state index in [0.717, 1.165) is 6.07 Å². The van der Waals surface area contributed by atoms with Crippen LogP contribution in [-0.4, -0.2) is 19.9 Å². The number of benzene rings is 1. The lowest BCUT2D eigenvalue weighted by Crippen LogP contribution is -2.02. The molecule has 17 heavy (non-hydrogen) atoms. The quantitative estimate of drug-likeness (QED) is 0.341. The summed E-state index contributed by atoms with van der Waals surface area (Å²) in [6.07, 6.45) is 0. The third-order valence-electron chi connectivity index (χ3n) is 1.77. The second-order valence-electron chi connectivity index (χ2n) is 2.88. The molecule has 0 fully saturated rings. The first-order valence-corrected chi connectivity index (χ1v) is 7.71. The topological polar surface area (TPSA) is 86.5 Å². The van der Waals surface area contributed by atoms with Crippen molar-refractivity contribution < 1.29 is 18.1 Å². The van der Waals surface area contributed by atoms with Gasteiger partial charge in [-0.05, 0) is 29.5 Å². The molecule has 94 valence electrons.